The van der Waals surface area contributed by atoms with Crippen LogP contribution in [0.15, 0.2) is 42.1 Å². The maximum Gasteiger partial charge on any atom is 0.248 e. The Hall–Kier alpha value is -1.90. The molecule has 90 valence electrons. The third-order valence-corrected chi connectivity index (χ3v) is 2.54. The number of carbonyl (C=O) groups is 1. The number of hydrogen-bond donors (Lipinski definition) is 1. The van der Waals surface area contributed by atoms with Crippen LogP contribution in [-0.4, -0.2) is 10.9 Å². The van der Waals surface area contributed by atoms with Gasteiger partial charge in [0.15, 0.2) is 0 Å². The number of rotatable bonds is 5. The van der Waals surface area contributed by atoms with Gasteiger partial charge in [0.1, 0.15) is 0 Å². The molecule has 0 aromatic carbocycles. The summed E-state index contributed by atoms with van der Waals surface area (Å²) >= 11 is 0. The minimum Gasteiger partial charge on any atom is -0.366 e. The first-order valence-corrected chi connectivity index (χ1v) is 5.73. The second-order valence-corrected chi connectivity index (χ2v) is 3.72. The maximum atomic E-state index is 11.0. The van der Waals surface area contributed by atoms with Gasteiger partial charge in [0, 0.05) is 23.9 Å². The van der Waals surface area contributed by atoms with E-state index in [9.17, 15) is 4.79 Å². The Labute approximate surface area is 102 Å². The molecule has 2 N–H and O–H groups in total. The number of carbonyl (C=O) groups excluding carboxylic acids is 1. The summed E-state index contributed by atoms with van der Waals surface area (Å²) in [5.74, 6) is -0.416. The molecule has 0 fully saturated rings. The van der Waals surface area contributed by atoms with Crippen molar-refractivity contribution >= 4 is 5.91 Å². The molecule has 0 aliphatic heterocycles. The van der Waals surface area contributed by atoms with Crippen molar-refractivity contribution in [2.75, 3.05) is 0 Å². The highest BCUT2D eigenvalue weighted by molar-refractivity contribution is 5.92. The fraction of sp³-hybridized carbons (Fsp3) is 0.286. The van der Waals surface area contributed by atoms with Gasteiger partial charge in [-0.3, -0.25) is 9.78 Å². The van der Waals surface area contributed by atoms with Crippen LogP contribution in [0.4, 0.5) is 0 Å². The Morgan fingerprint density at radius 3 is 2.88 bits per heavy atom. The molecule has 1 rings (SSSR count). The summed E-state index contributed by atoms with van der Waals surface area (Å²) in [5.41, 5.74) is 7.85. The van der Waals surface area contributed by atoms with Gasteiger partial charge in [-0.2, -0.15) is 0 Å². The standard InChI is InChI=1S/C14H18N2O/c1-3-11(4-2)6-5-7-13-10-12(14(15)17)8-9-16-13/h3,5-6,8-10H,4,7H2,1-2H3,(H2,15,17). The van der Waals surface area contributed by atoms with Crippen LogP contribution in [0.5, 0.6) is 0 Å². The molecule has 0 saturated carbocycles. The van der Waals surface area contributed by atoms with E-state index >= 15 is 0 Å². The van der Waals surface area contributed by atoms with Gasteiger partial charge < -0.3 is 5.73 Å². The fourth-order valence-corrected chi connectivity index (χ4v) is 1.49. The van der Waals surface area contributed by atoms with Gasteiger partial charge in [0.25, 0.3) is 0 Å². The van der Waals surface area contributed by atoms with Crippen molar-refractivity contribution in [2.24, 2.45) is 5.73 Å². The molecule has 1 amide bonds. The van der Waals surface area contributed by atoms with Gasteiger partial charge in [-0.25, -0.2) is 0 Å². The molecule has 0 saturated heterocycles. The second kappa shape index (κ2) is 6.63. The summed E-state index contributed by atoms with van der Waals surface area (Å²) < 4.78 is 0. The van der Waals surface area contributed by atoms with Crippen LogP contribution in [0.3, 0.4) is 0 Å². The maximum absolute atomic E-state index is 11.0. The number of nitrogens with two attached hydrogens (primary N) is 1. The monoisotopic (exact) mass is 230 g/mol. The SMILES string of the molecule is CC=C(C=CCc1cc(C(N)=O)ccn1)CC. The van der Waals surface area contributed by atoms with E-state index in [-0.39, 0.29) is 0 Å². The van der Waals surface area contributed by atoms with Gasteiger partial charge in [0.2, 0.25) is 5.91 Å². The lowest BCUT2D eigenvalue weighted by molar-refractivity contribution is 0.1000. The van der Waals surface area contributed by atoms with Crippen LogP contribution in [0.1, 0.15) is 36.3 Å². The van der Waals surface area contributed by atoms with Gasteiger partial charge >= 0.3 is 0 Å². The molecule has 3 nitrogen and oxygen atoms in total. The third-order valence-electron chi connectivity index (χ3n) is 2.54. The van der Waals surface area contributed by atoms with E-state index in [2.05, 4.69) is 24.1 Å². The molecule has 0 aliphatic carbocycles. The zero-order valence-corrected chi connectivity index (χ0v) is 10.3. The third kappa shape index (κ3) is 4.23. The molecule has 1 aromatic heterocycles. The van der Waals surface area contributed by atoms with E-state index in [1.165, 1.54) is 5.57 Å². The minimum absolute atomic E-state index is 0.416. The largest absolute Gasteiger partial charge is 0.366 e. The summed E-state index contributed by atoms with van der Waals surface area (Å²) in [4.78, 5) is 15.2. The van der Waals surface area contributed by atoms with Gasteiger partial charge in [-0.15, -0.1) is 0 Å². The Bertz CT molecular complexity index is 447. The minimum atomic E-state index is -0.416. The molecular weight excluding hydrogens is 212 g/mol. The predicted octanol–water partition coefficient (Wildman–Crippen LogP) is 2.64. The molecule has 0 bridgehead atoms. The van der Waals surface area contributed by atoms with E-state index in [1.54, 1.807) is 18.3 Å². The molecule has 1 aromatic rings. The quantitative estimate of drug-likeness (QED) is 0.790. The van der Waals surface area contributed by atoms with Crippen molar-refractivity contribution in [1.29, 1.82) is 0 Å². The molecule has 0 aliphatic rings. The number of pyridine rings is 1. The highest BCUT2D eigenvalue weighted by Crippen LogP contribution is 2.05. The lowest BCUT2D eigenvalue weighted by Crippen LogP contribution is -2.11. The molecule has 0 unspecified atom stereocenters. The van der Waals surface area contributed by atoms with Crippen molar-refractivity contribution in [2.45, 2.75) is 26.7 Å². The first kappa shape index (κ1) is 13.2. The zero-order valence-electron chi connectivity index (χ0n) is 10.3. The van der Waals surface area contributed by atoms with Crippen LogP contribution < -0.4 is 5.73 Å². The normalized spacial score (nSPS) is 12.0. The molecule has 0 atom stereocenters. The van der Waals surface area contributed by atoms with Gasteiger partial charge in [0.05, 0.1) is 0 Å². The van der Waals surface area contributed by atoms with Crippen molar-refractivity contribution in [3.63, 3.8) is 0 Å². The van der Waals surface area contributed by atoms with Crippen LogP contribution in [0, 0.1) is 0 Å². The van der Waals surface area contributed by atoms with Crippen molar-refractivity contribution in [1.82, 2.24) is 4.98 Å². The number of hydrogen-bond acceptors (Lipinski definition) is 2. The van der Waals surface area contributed by atoms with Crippen LogP contribution >= 0.6 is 0 Å². The number of amides is 1. The Morgan fingerprint density at radius 2 is 2.29 bits per heavy atom. The first-order chi connectivity index (χ1) is 8.17. The molecule has 17 heavy (non-hydrogen) atoms. The summed E-state index contributed by atoms with van der Waals surface area (Å²) in [6.07, 6.45) is 9.55. The lowest BCUT2D eigenvalue weighted by atomic mass is 10.1. The van der Waals surface area contributed by atoms with Crippen molar-refractivity contribution in [3.05, 3.63) is 53.4 Å². The Balaban J connectivity index is 2.69. The smallest absolute Gasteiger partial charge is 0.248 e. The van der Waals surface area contributed by atoms with Gasteiger partial charge in [-0.1, -0.05) is 30.7 Å². The highest BCUT2D eigenvalue weighted by Gasteiger charge is 2.00. The predicted molar refractivity (Wildman–Crippen MR) is 69.6 cm³/mol. The molecule has 0 spiro atoms. The fourth-order valence-electron chi connectivity index (χ4n) is 1.49. The number of allylic oxidation sites excluding steroid dienone is 4. The number of aromatic nitrogens is 1. The first-order valence-electron chi connectivity index (χ1n) is 5.73. The number of nitrogens with zero attached hydrogens (tertiary/aromatic N) is 1. The molecule has 3 heteroatoms. The zero-order chi connectivity index (χ0) is 12.7. The van der Waals surface area contributed by atoms with Crippen LogP contribution in [0.2, 0.25) is 0 Å². The molecular formula is C14H18N2O. The van der Waals surface area contributed by atoms with E-state index in [0.717, 1.165) is 12.1 Å². The van der Waals surface area contributed by atoms with E-state index in [4.69, 9.17) is 5.73 Å². The van der Waals surface area contributed by atoms with Crippen LogP contribution in [-0.2, 0) is 6.42 Å². The molecule has 1 heterocycles. The summed E-state index contributed by atoms with van der Waals surface area (Å²) in [7, 11) is 0. The van der Waals surface area contributed by atoms with E-state index in [1.807, 2.05) is 13.0 Å². The average Bonchev–Trinajstić information content (AvgIpc) is 2.35. The Kier molecular flexibility index (Phi) is 5.14. The summed E-state index contributed by atoms with van der Waals surface area (Å²) in [5, 5.41) is 0. The average molecular weight is 230 g/mol. The van der Waals surface area contributed by atoms with E-state index < -0.39 is 5.91 Å². The van der Waals surface area contributed by atoms with Crippen LogP contribution in [0.25, 0.3) is 0 Å². The lowest BCUT2D eigenvalue weighted by Gasteiger charge is -1.99. The summed E-state index contributed by atoms with van der Waals surface area (Å²) in [6, 6.07) is 3.35. The number of primary amides is 1. The second-order valence-electron chi connectivity index (χ2n) is 3.72. The van der Waals surface area contributed by atoms with Crippen molar-refractivity contribution in [3.8, 4) is 0 Å². The highest BCUT2D eigenvalue weighted by atomic mass is 16.1. The summed E-state index contributed by atoms with van der Waals surface area (Å²) in [6.45, 7) is 4.14. The van der Waals surface area contributed by atoms with Crippen molar-refractivity contribution < 1.29 is 4.79 Å². The van der Waals surface area contributed by atoms with Gasteiger partial charge in [-0.05, 0) is 25.5 Å². The topological polar surface area (TPSA) is 56.0 Å². The van der Waals surface area contributed by atoms with E-state index in [0.29, 0.717) is 12.0 Å². The Morgan fingerprint density at radius 1 is 1.53 bits per heavy atom. The molecule has 0 radical (unpaired) electrons.